The molecule has 1 aromatic carbocycles. The van der Waals surface area contributed by atoms with E-state index in [2.05, 4.69) is 13.0 Å². The van der Waals surface area contributed by atoms with Crippen LogP contribution in [0, 0.1) is 0 Å². The number of quaternary nitrogens is 1. The fourth-order valence-electron chi connectivity index (χ4n) is 4.33. The van der Waals surface area contributed by atoms with Crippen LogP contribution in [-0.2, 0) is 25.0 Å². The lowest BCUT2D eigenvalue weighted by Crippen LogP contribution is -2.37. The summed E-state index contributed by atoms with van der Waals surface area (Å²) in [6.45, 7) is 3.94. The molecule has 0 radical (unpaired) electrons. The van der Waals surface area contributed by atoms with Gasteiger partial charge in [-0.25, -0.2) is 0 Å². The van der Waals surface area contributed by atoms with Crippen LogP contribution in [0.4, 0.5) is 0 Å². The summed E-state index contributed by atoms with van der Waals surface area (Å²) in [5.74, 6) is 0.803. The molecule has 0 aliphatic rings. The fraction of sp³-hybridized carbons (Fsp3) is 0.774. The second kappa shape index (κ2) is 23.5. The molecular weight excluding hydrogens is 513 g/mol. The minimum atomic E-state index is -2.03. The van der Waals surface area contributed by atoms with Gasteiger partial charge >= 0.3 is 8.60 Å². The second-order valence-electron chi connectivity index (χ2n) is 11.5. The maximum Gasteiger partial charge on any atom is 0.330 e. The van der Waals surface area contributed by atoms with Gasteiger partial charge in [-0.2, -0.15) is 0 Å². The van der Waals surface area contributed by atoms with Crippen molar-refractivity contribution in [2.75, 3.05) is 47.5 Å². The summed E-state index contributed by atoms with van der Waals surface area (Å²) in [4.78, 5) is 20.9. The number of benzene rings is 1. The Balaban J connectivity index is 2.21. The third-order valence-electron chi connectivity index (χ3n) is 6.78. The van der Waals surface area contributed by atoms with Crippen LogP contribution in [0.25, 0.3) is 0 Å². The van der Waals surface area contributed by atoms with Gasteiger partial charge in [0.2, 0.25) is 0 Å². The lowest BCUT2D eigenvalue weighted by Gasteiger charge is -2.24. The predicted molar refractivity (Wildman–Crippen MR) is 161 cm³/mol. The molecule has 1 aromatic rings. The molecule has 0 aromatic heterocycles. The van der Waals surface area contributed by atoms with Crippen LogP contribution in [0.3, 0.4) is 0 Å². The second-order valence-corrected chi connectivity index (χ2v) is 12.5. The van der Waals surface area contributed by atoms with Gasteiger partial charge in [0, 0.05) is 0 Å². The van der Waals surface area contributed by atoms with E-state index in [0.29, 0.717) is 13.1 Å². The molecule has 0 amide bonds. The smallest absolute Gasteiger partial charge is 0.330 e. The van der Waals surface area contributed by atoms with E-state index in [1.165, 1.54) is 83.5 Å². The van der Waals surface area contributed by atoms with Gasteiger partial charge in [-0.3, -0.25) is 4.79 Å². The van der Waals surface area contributed by atoms with Crippen molar-refractivity contribution in [3.05, 3.63) is 29.8 Å². The third-order valence-corrected chi connectivity index (χ3v) is 7.55. The first kappa shape index (κ1) is 35.8. The Morgan fingerprint density at radius 1 is 0.821 bits per heavy atom. The standard InChI is InChI=1S/C31H57NO6P/c1-5-6-7-8-9-10-11-12-13-14-15-16-17-18-21-29-22-19-20-23-31(29)35-26-30(36-28-33)27-38-39(34)37-25-24-32(2,3)4/h19-20,22-23,28,30,34H,5-18,21,24-27H2,1-4H3/q+1. The van der Waals surface area contributed by atoms with Crippen molar-refractivity contribution in [3.63, 3.8) is 0 Å². The lowest BCUT2D eigenvalue weighted by molar-refractivity contribution is -0.870. The van der Waals surface area contributed by atoms with Crippen molar-refractivity contribution in [2.24, 2.45) is 0 Å². The molecule has 1 rings (SSSR count). The van der Waals surface area contributed by atoms with E-state index in [-0.39, 0.29) is 13.2 Å². The molecule has 2 atom stereocenters. The van der Waals surface area contributed by atoms with Crippen LogP contribution in [0.2, 0.25) is 0 Å². The number of likely N-dealkylation sites (N-methyl/N-ethyl adjacent to an activating group) is 1. The zero-order valence-electron chi connectivity index (χ0n) is 25.3. The van der Waals surface area contributed by atoms with Crippen LogP contribution in [0.15, 0.2) is 24.3 Å². The highest BCUT2D eigenvalue weighted by Gasteiger charge is 2.17. The number of carbonyl (C=O) groups excluding carboxylic acids is 1. The molecule has 0 saturated heterocycles. The van der Waals surface area contributed by atoms with Crippen molar-refractivity contribution >= 4 is 15.1 Å². The highest BCUT2D eigenvalue weighted by molar-refractivity contribution is 7.40. The van der Waals surface area contributed by atoms with Gasteiger partial charge in [0.15, 0.2) is 6.10 Å². The molecular formula is C31H57NO6P+. The molecule has 7 nitrogen and oxygen atoms in total. The van der Waals surface area contributed by atoms with Crippen molar-refractivity contribution in [3.8, 4) is 5.75 Å². The van der Waals surface area contributed by atoms with Gasteiger partial charge in [-0.1, -0.05) is 109 Å². The van der Waals surface area contributed by atoms with Gasteiger partial charge in [0.25, 0.3) is 6.47 Å². The van der Waals surface area contributed by atoms with Crippen molar-refractivity contribution < 1.29 is 32.7 Å². The fourth-order valence-corrected chi connectivity index (χ4v) is 4.93. The summed E-state index contributed by atoms with van der Waals surface area (Å²) in [5, 5.41) is 0. The van der Waals surface area contributed by atoms with Crippen LogP contribution in [0.1, 0.15) is 102 Å². The SMILES string of the molecule is CCCCCCCCCCCCCCCCc1ccccc1OCC(COP(O)OCC[N+](C)(C)C)OC=O. The summed E-state index contributed by atoms with van der Waals surface area (Å²) in [6, 6.07) is 8.02. The van der Waals surface area contributed by atoms with Gasteiger partial charge in [-0.15, -0.1) is 0 Å². The number of rotatable bonds is 27. The molecule has 1 N–H and O–H groups in total. The zero-order chi connectivity index (χ0) is 28.6. The minimum Gasteiger partial charge on any atom is -0.489 e. The average Bonchev–Trinajstić information content (AvgIpc) is 2.90. The van der Waals surface area contributed by atoms with E-state index >= 15 is 0 Å². The Bertz CT molecular complexity index is 715. The molecule has 226 valence electrons. The number of nitrogens with zero attached hydrogens (tertiary/aromatic N) is 1. The summed E-state index contributed by atoms with van der Waals surface area (Å²) < 4.78 is 22.6. The average molecular weight is 571 g/mol. The van der Waals surface area contributed by atoms with E-state index < -0.39 is 14.7 Å². The number of aryl methyl sites for hydroxylation is 1. The summed E-state index contributed by atoms with van der Waals surface area (Å²) in [7, 11) is 4.11. The first-order chi connectivity index (χ1) is 18.9. The van der Waals surface area contributed by atoms with Crippen molar-refractivity contribution in [1.82, 2.24) is 0 Å². The van der Waals surface area contributed by atoms with Gasteiger partial charge in [-0.05, 0) is 24.5 Å². The number of hydrogen-bond donors (Lipinski definition) is 1. The maximum atomic E-state index is 11.0. The number of unbranched alkanes of at least 4 members (excludes halogenated alkanes) is 13. The molecule has 0 saturated carbocycles. The summed E-state index contributed by atoms with van der Waals surface area (Å²) in [5.41, 5.74) is 1.16. The monoisotopic (exact) mass is 570 g/mol. The highest BCUT2D eigenvalue weighted by Crippen LogP contribution is 2.33. The Morgan fingerprint density at radius 3 is 1.95 bits per heavy atom. The van der Waals surface area contributed by atoms with E-state index in [9.17, 15) is 9.69 Å². The summed E-state index contributed by atoms with van der Waals surface area (Å²) >= 11 is 0. The Morgan fingerprint density at radius 2 is 1.38 bits per heavy atom. The molecule has 2 unspecified atom stereocenters. The number of ether oxygens (including phenoxy) is 2. The number of carbonyl (C=O) groups is 1. The largest absolute Gasteiger partial charge is 0.489 e. The molecule has 0 bridgehead atoms. The van der Waals surface area contributed by atoms with Crippen molar-refractivity contribution in [1.29, 1.82) is 0 Å². The topological polar surface area (TPSA) is 74.2 Å². The van der Waals surface area contributed by atoms with Crippen LogP contribution in [-0.4, -0.2) is 69.5 Å². The highest BCUT2D eigenvalue weighted by atomic mass is 31.2. The van der Waals surface area contributed by atoms with E-state index in [1.54, 1.807) is 0 Å². The van der Waals surface area contributed by atoms with Crippen LogP contribution < -0.4 is 4.74 Å². The van der Waals surface area contributed by atoms with Crippen LogP contribution in [0.5, 0.6) is 5.75 Å². The summed E-state index contributed by atoms with van der Waals surface area (Å²) in [6.07, 6.45) is 19.2. The normalized spacial score (nSPS) is 13.3. The molecule has 8 heteroatoms. The molecule has 0 spiro atoms. The molecule has 0 fully saturated rings. The van der Waals surface area contributed by atoms with Gasteiger partial charge in [0.05, 0.1) is 27.7 Å². The van der Waals surface area contributed by atoms with E-state index in [1.807, 2.05) is 39.3 Å². The Labute approximate surface area is 240 Å². The Hall–Kier alpha value is -1.24. The van der Waals surface area contributed by atoms with Gasteiger partial charge in [0.1, 0.15) is 25.5 Å². The molecule has 0 aliphatic heterocycles. The van der Waals surface area contributed by atoms with E-state index in [4.69, 9.17) is 18.5 Å². The molecule has 0 aliphatic carbocycles. The molecule has 0 heterocycles. The number of para-hydroxylation sites is 1. The Kier molecular flexibility index (Phi) is 21.5. The van der Waals surface area contributed by atoms with Gasteiger partial charge < -0.3 is 27.9 Å². The predicted octanol–water partition coefficient (Wildman–Crippen LogP) is 7.59. The first-order valence-corrected chi connectivity index (χ1v) is 16.3. The third kappa shape index (κ3) is 21.2. The quantitative estimate of drug-likeness (QED) is 0.0508. The molecule has 39 heavy (non-hydrogen) atoms. The zero-order valence-corrected chi connectivity index (χ0v) is 26.2. The van der Waals surface area contributed by atoms with Crippen molar-refractivity contribution in [2.45, 2.75) is 109 Å². The van der Waals surface area contributed by atoms with E-state index in [0.717, 1.165) is 35.2 Å². The van der Waals surface area contributed by atoms with Crippen LogP contribution >= 0.6 is 8.60 Å². The first-order valence-electron chi connectivity index (χ1n) is 15.2. The minimum absolute atomic E-state index is 0.00639. The number of hydrogen-bond acceptors (Lipinski definition) is 6. The maximum absolute atomic E-state index is 11.0. The lowest BCUT2D eigenvalue weighted by atomic mass is 10.0.